The van der Waals surface area contributed by atoms with Crippen LogP contribution in [-0.4, -0.2) is 15.0 Å². The molecule has 262 valence electrons. The smallest absolute Gasteiger partial charge is 0.167 e. The highest BCUT2D eigenvalue weighted by Gasteiger charge is 2.24. The molecule has 0 aliphatic rings. The first kappa shape index (κ1) is 31.9. The summed E-state index contributed by atoms with van der Waals surface area (Å²) in [5.41, 5.74) is 12.2. The molecule has 0 spiro atoms. The molecule has 0 aliphatic heterocycles. The van der Waals surface area contributed by atoms with Gasteiger partial charge in [0, 0.05) is 38.2 Å². The van der Waals surface area contributed by atoms with E-state index in [0.717, 1.165) is 88.4 Å². The third kappa shape index (κ3) is 5.37. The molecule has 0 bridgehead atoms. The van der Waals surface area contributed by atoms with Crippen molar-refractivity contribution < 1.29 is 8.83 Å². The highest BCUT2D eigenvalue weighted by molar-refractivity contribution is 6.20. The molecule has 11 aromatic rings. The number of fused-ring (bicyclic) bond motifs is 6. The standard InChI is InChI=1S/C51H31N3O2/c1-5-15-32(16-6-1)37-30-41(33-17-7-2-8-18-33)47-43(31-37)46-38(36-25-28-45-42(29-36)39-23-13-14-24-44(39)55-45)26-27-40(48(46)56-47)51-53-49(34-19-9-3-10-20-34)52-50(54-51)35-21-11-4-12-22-35/h1-31H. The van der Waals surface area contributed by atoms with Crippen molar-refractivity contribution in [2.45, 2.75) is 0 Å². The Morgan fingerprint density at radius 2 is 0.821 bits per heavy atom. The molecule has 0 atom stereocenters. The number of rotatable bonds is 6. The summed E-state index contributed by atoms with van der Waals surface area (Å²) in [7, 11) is 0. The third-order valence-corrected chi connectivity index (χ3v) is 10.5. The minimum Gasteiger partial charge on any atom is -0.456 e. The summed E-state index contributed by atoms with van der Waals surface area (Å²) in [4.78, 5) is 15.3. The summed E-state index contributed by atoms with van der Waals surface area (Å²) in [6.07, 6.45) is 0. The van der Waals surface area contributed by atoms with Crippen LogP contribution in [0.25, 0.3) is 111 Å². The zero-order valence-corrected chi connectivity index (χ0v) is 30.1. The SMILES string of the molecule is c1ccc(-c2cc(-c3ccccc3)c3oc4c(-c5nc(-c6ccccc6)nc(-c6ccccc6)n5)ccc(-c5ccc6oc7ccccc7c6c5)c4c3c2)cc1. The van der Waals surface area contributed by atoms with Crippen LogP contribution < -0.4 is 0 Å². The number of benzene rings is 8. The molecule has 0 amide bonds. The van der Waals surface area contributed by atoms with Gasteiger partial charge in [0.25, 0.3) is 0 Å². The van der Waals surface area contributed by atoms with Gasteiger partial charge in [-0.05, 0) is 64.2 Å². The normalized spacial score (nSPS) is 11.6. The summed E-state index contributed by atoms with van der Waals surface area (Å²) in [5.74, 6) is 1.72. The van der Waals surface area contributed by atoms with Gasteiger partial charge < -0.3 is 8.83 Å². The molecule has 0 aliphatic carbocycles. The van der Waals surface area contributed by atoms with Crippen molar-refractivity contribution in [2.75, 3.05) is 0 Å². The van der Waals surface area contributed by atoms with E-state index in [9.17, 15) is 0 Å². The van der Waals surface area contributed by atoms with Crippen molar-refractivity contribution in [3.8, 4) is 67.5 Å². The number of nitrogens with zero attached hydrogens (tertiary/aromatic N) is 3. The molecule has 3 heterocycles. The Labute approximate surface area is 322 Å². The maximum absolute atomic E-state index is 7.19. The van der Waals surface area contributed by atoms with E-state index in [4.69, 9.17) is 23.8 Å². The summed E-state index contributed by atoms with van der Waals surface area (Å²) in [6.45, 7) is 0. The maximum atomic E-state index is 7.19. The zero-order chi connectivity index (χ0) is 37.0. The Kier molecular flexibility index (Phi) is 7.42. The van der Waals surface area contributed by atoms with Crippen LogP contribution in [0.3, 0.4) is 0 Å². The average molecular weight is 718 g/mol. The fraction of sp³-hybridized carbons (Fsp3) is 0. The van der Waals surface area contributed by atoms with Gasteiger partial charge in [-0.25, -0.2) is 15.0 Å². The first-order valence-electron chi connectivity index (χ1n) is 18.7. The van der Waals surface area contributed by atoms with Crippen molar-refractivity contribution in [2.24, 2.45) is 0 Å². The molecule has 0 fully saturated rings. The lowest BCUT2D eigenvalue weighted by molar-refractivity contribution is 0.669. The fourth-order valence-electron chi connectivity index (χ4n) is 7.85. The van der Waals surface area contributed by atoms with Crippen LogP contribution in [0.2, 0.25) is 0 Å². The van der Waals surface area contributed by atoms with Crippen molar-refractivity contribution in [1.82, 2.24) is 15.0 Å². The highest BCUT2D eigenvalue weighted by Crippen LogP contribution is 2.46. The quantitative estimate of drug-likeness (QED) is 0.171. The first-order valence-corrected chi connectivity index (χ1v) is 18.7. The minimum atomic E-state index is 0.536. The molecule has 0 N–H and O–H groups in total. The average Bonchev–Trinajstić information content (AvgIpc) is 3.85. The van der Waals surface area contributed by atoms with E-state index in [1.54, 1.807) is 0 Å². The molecule has 0 saturated heterocycles. The molecule has 5 nitrogen and oxygen atoms in total. The van der Waals surface area contributed by atoms with Crippen molar-refractivity contribution in [3.63, 3.8) is 0 Å². The van der Waals surface area contributed by atoms with E-state index in [1.165, 1.54) is 0 Å². The number of para-hydroxylation sites is 1. The maximum Gasteiger partial charge on any atom is 0.167 e. The molecule has 0 radical (unpaired) electrons. The predicted molar refractivity (Wildman–Crippen MR) is 227 cm³/mol. The van der Waals surface area contributed by atoms with E-state index in [1.807, 2.05) is 78.9 Å². The van der Waals surface area contributed by atoms with Crippen LogP contribution >= 0.6 is 0 Å². The summed E-state index contributed by atoms with van der Waals surface area (Å²) < 4.78 is 13.4. The molecule has 5 heteroatoms. The molecule has 0 unspecified atom stereocenters. The Hall–Kier alpha value is -7.63. The lowest BCUT2D eigenvalue weighted by Crippen LogP contribution is -2.00. The monoisotopic (exact) mass is 717 g/mol. The van der Waals surface area contributed by atoms with Crippen LogP contribution in [0.5, 0.6) is 0 Å². The molecule has 56 heavy (non-hydrogen) atoms. The molecular weight excluding hydrogens is 687 g/mol. The van der Waals surface area contributed by atoms with E-state index >= 15 is 0 Å². The van der Waals surface area contributed by atoms with Gasteiger partial charge in [-0.15, -0.1) is 0 Å². The van der Waals surface area contributed by atoms with Gasteiger partial charge >= 0.3 is 0 Å². The molecule has 3 aromatic heterocycles. The van der Waals surface area contributed by atoms with E-state index < -0.39 is 0 Å². The zero-order valence-electron chi connectivity index (χ0n) is 30.1. The summed E-state index contributed by atoms with van der Waals surface area (Å²) in [5, 5.41) is 4.15. The van der Waals surface area contributed by atoms with Gasteiger partial charge in [0.1, 0.15) is 22.3 Å². The third-order valence-electron chi connectivity index (χ3n) is 10.5. The largest absolute Gasteiger partial charge is 0.456 e. The fourth-order valence-corrected chi connectivity index (χ4v) is 7.85. The van der Waals surface area contributed by atoms with Gasteiger partial charge in [0.15, 0.2) is 17.5 Å². The van der Waals surface area contributed by atoms with Gasteiger partial charge in [-0.3, -0.25) is 0 Å². The van der Waals surface area contributed by atoms with Crippen molar-refractivity contribution in [3.05, 3.63) is 188 Å². The summed E-state index contributed by atoms with van der Waals surface area (Å²) in [6, 6.07) is 64.5. The van der Waals surface area contributed by atoms with Gasteiger partial charge in [0.2, 0.25) is 0 Å². The first-order chi connectivity index (χ1) is 27.7. The highest BCUT2D eigenvalue weighted by atomic mass is 16.3. The van der Waals surface area contributed by atoms with E-state index in [0.29, 0.717) is 23.1 Å². The Bertz CT molecular complexity index is 3170. The van der Waals surface area contributed by atoms with Crippen molar-refractivity contribution in [1.29, 1.82) is 0 Å². The lowest BCUT2D eigenvalue weighted by atomic mass is 9.92. The number of hydrogen-bond donors (Lipinski definition) is 0. The second-order valence-electron chi connectivity index (χ2n) is 13.9. The van der Waals surface area contributed by atoms with Gasteiger partial charge in [-0.2, -0.15) is 0 Å². The molecule has 11 rings (SSSR count). The number of hydrogen-bond acceptors (Lipinski definition) is 5. The van der Waals surface area contributed by atoms with Crippen LogP contribution in [0.15, 0.2) is 197 Å². The second-order valence-corrected chi connectivity index (χ2v) is 13.9. The van der Waals surface area contributed by atoms with Crippen LogP contribution in [0.4, 0.5) is 0 Å². The molecule has 8 aromatic carbocycles. The van der Waals surface area contributed by atoms with Crippen LogP contribution in [0.1, 0.15) is 0 Å². The van der Waals surface area contributed by atoms with Crippen molar-refractivity contribution >= 4 is 43.9 Å². The van der Waals surface area contributed by atoms with Crippen LogP contribution in [0, 0.1) is 0 Å². The van der Waals surface area contributed by atoms with E-state index in [-0.39, 0.29) is 0 Å². The Morgan fingerprint density at radius 3 is 1.50 bits per heavy atom. The molecular formula is C51H31N3O2. The van der Waals surface area contributed by atoms with Gasteiger partial charge in [0.05, 0.1) is 5.56 Å². The van der Waals surface area contributed by atoms with Gasteiger partial charge in [-0.1, -0.05) is 152 Å². The lowest BCUT2D eigenvalue weighted by Gasteiger charge is -2.11. The number of furan rings is 2. The Balaban J connectivity index is 1.25. The second kappa shape index (κ2) is 13.0. The Morgan fingerprint density at radius 1 is 0.286 bits per heavy atom. The van der Waals surface area contributed by atoms with E-state index in [2.05, 4.69) is 109 Å². The summed E-state index contributed by atoms with van der Waals surface area (Å²) >= 11 is 0. The van der Waals surface area contributed by atoms with Crippen LogP contribution in [-0.2, 0) is 0 Å². The topological polar surface area (TPSA) is 65.0 Å². The minimum absolute atomic E-state index is 0.536. The predicted octanol–water partition coefficient (Wildman–Crippen LogP) is 13.7. The molecule has 0 saturated carbocycles. The number of aromatic nitrogens is 3.